The lowest BCUT2D eigenvalue weighted by atomic mass is 10.2. The molecule has 1 aliphatic rings. The number of hydrogen-bond donors (Lipinski definition) is 2. The minimum atomic E-state index is -0.490. The molecule has 0 aromatic heterocycles. The summed E-state index contributed by atoms with van der Waals surface area (Å²) in [6, 6.07) is 5.97. The van der Waals surface area contributed by atoms with Crippen LogP contribution in [0, 0.1) is 10.1 Å². The van der Waals surface area contributed by atoms with Gasteiger partial charge in [-0.1, -0.05) is 23.9 Å². The van der Waals surface area contributed by atoms with Crippen LogP contribution in [-0.4, -0.2) is 39.2 Å². The standard InChI is InChI=1S/C12H12N4O4S/c17-5-4-10-11(18)14-12(21-10)15-13-7-8-2-1-3-9(6-8)16(19)20/h1-3,6-7,10,17H,4-5H2,(H,14,15,18)/b13-7+. The maximum absolute atomic E-state index is 11.5. The zero-order chi connectivity index (χ0) is 15.2. The zero-order valence-corrected chi connectivity index (χ0v) is 11.6. The lowest BCUT2D eigenvalue weighted by molar-refractivity contribution is -0.384. The summed E-state index contributed by atoms with van der Waals surface area (Å²) in [4.78, 5) is 21.6. The molecule has 0 saturated carbocycles. The van der Waals surface area contributed by atoms with Crippen LogP contribution in [0.25, 0.3) is 0 Å². The average molecular weight is 308 g/mol. The minimum absolute atomic E-state index is 0.0295. The Labute approximate surface area is 124 Å². The highest BCUT2D eigenvalue weighted by molar-refractivity contribution is 8.15. The van der Waals surface area contributed by atoms with Crippen LogP contribution in [0.3, 0.4) is 0 Å². The van der Waals surface area contributed by atoms with Crippen molar-refractivity contribution in [2.45, 2.75) is 11.7 Å². The molecule has 1 aliphatic heterocycles. The van der Waals surface area contributed by atoms with Crippen molar-refractivity contribution in [3.05, 3.63) is 39.9 Å². The van der Waals surface area contributed by atoms with Gasteiger partial charge in [0, 0.05) is 24.3 Å². The van der Waals surface area contributed by atoms with Crippen molar-refractivity contribution >= 4 is 34.7 Å². The summed E-state index contributed by atoms with van der Waals surface area (Å²) >= 11 is 1.19. The van der Waals surface area contributed by atoms with Crippen molar-refractivity contribution in [3.63, 3.8) is 0 Å². The lowest BCUT2D eigenvalue weighted by Gasteiger charge is -1.98. The highest BCUT2D eigenvalue weighted by Crippen LogP contribution is 2.21. The fourth-order valence-electron chi connectivity index (χ4n) is 1.63. The van der Waals surface area contributed by atoms with E-state index in [4.69, 9.17) is 5.11 Å². The summed E-state index contributed by atoms with van der Waals surface area (Å²) in [6.07, 6.45) is 1.72. The zero-order valence-electron chi connectivity index (χ0n) is 10.8. The number of nitrogens with zero attached hydrogens (tertiary/aromatic N) is 3. The molecule has 8 nitrogen and oxygen atoms in total. The van der Waals surface area contributed by atoms with E-state index in [1.54, 1.807) is 12.1 Å². The van der Waals surface area contributed by atoms with Gasteiger partial charge in [0.15, 0.2) is 5.17 Å². The van der Waals surface area contributed by atoms with Crippen molar-refractivity contribution in [1.82, 2.24) is 5.32 Å². The van der Waals surface area contributed by atoms with E-state index in [0.717, 1.165) is 0 Å². The Kier molecular flexibility index (Phi) is 5.01. The van der Waals surface area contributed by atoms with Crippen LogP contribution < -0.4 is 5.32 Å². The third-order valence-corrected chi connectivity index (χ3v) is 3.75. The second kappa shape index (κ2) is 6.95. The number of benzene rings is 1. The molecule has 1 aromatic rings. The molecule has 1 fully saturated rings. The Morgan fingerprint density at radius 2 is 2.33 bits per heavy atom. The number of nitrogens with one attached hydrogen (secondary N) is 1. The number of nitro benzene ring substituents is 1. The number of thioether (sulfide) groups is 1. The monoisotopic (exact) mass is 308 g/mol. The quantitative estimate of drug-likeness (QED) is 0.476. The summed E-state index contributed by atoms with van der Waals surface area (Å²) in [5.41, 5.74) is 0.507. The Morgan fingerprint density at radius 1 is 1.52 bits per heavy atom. The van der Waals surface area contributed by atoms with Crippen molar-refractivity contribution in [1.29, 1.82) is 0 Å². The third kappa shape index (κ3) is 4.10. The van der Waals surface area contributed by atoms with Gasteiger partial charge in [0.25, 0.3) is 5.69 Å². The molecule has 0 spiro atoms. The molecular weight excluding hydrogens is 296 g/mol. The van der Waals surface area contributed by atoms with E-state index in [0.29, 0.717) is 17.2 Å². The van der Waals surface area contributed by atoms with Gasteiger partial charge in [0.1, 0.15) is 0 Å². The number of carbonyl (C=O) groups is 1. The molecule has 2 rings (SSSR count). The molecule has 2 N–H and O–H groups in total. The molecule has 0 aliphatic carbocycles. The Balaban J connectivity index is 2.02. The van der Waals surface area contributed by atoms with Crippen molar-refractivity contribution in [2.75, 3.05) is 6.61 Å². The maximum Gasteiger partial charge on any atom is 0.270 e. The van der Waals surface area contributed by atoms with Gasteiger partial charge in [-0.3, -0.25) is 14.9 Å². The van der Waals surface area contributed by atoms with Crippen molar-refractivity contribution in [3.8, 4) is 0 Å². The Morgan fingerprint density at radius 3 is 3.05 bits per heavy atom. The summed E-state index contributed by atoms with van der Waals surface area (Å²) in [7, 11) is 0. The predicted molar refractivity (Wildman–Crippen MR) is 79.3 cm³/mol. The van der Waals surface area contributed by atoms with Crippen molar-refractivity contribution < 1.29 is 14.8 Å². The first-order valence-corrected chi connectivity index (χ1v) is 6.92. The predicted octanol–water partition coefficient (Wildman–Crippen LogP) is 0.899. The summed E-state index contributed by atoms with van der Waals surface area (Å²) in [5.74, 6) is -0.210. The van der Waals surface area contributed by atoms with Crippen LogP contribution in [-0.2, 0) is 4.79 Å². The van der Waals surface area contributed by atoms with Gasteiger partial charge in [0.05, 0.1) is 16.4 Å². The topological polar surface area (TPSA) is 117 Å². The summed E-state index contributed by atoms with van der Waals surface area (Å²) < 4.78 is 0. The molecule has 1 heterocycles. The molecule has 0 bridgehead atoms. The summed E-state index contributed by atoms with van der Waals surface area (Å²) in [5, 5.41) is 29.6. The lowest BCUT2D eigenvalue weighted by Crippen LogP contribution is -2.25. The molecule has 1 saturated heterocycles. The van der Waals surface area contributed by atoms with Gasteiger partial charge in [-0.05, 0) is 6.42 Å². The summed E-state index contributed by atoms with van der Waals surface area (Å²) in [6.45, 7) is -0.0741. The Bertz CT molecular complexity index is 617. The van der Waals surface area contributed by atoms with E-state index in [2.05, 4.69) is 15.5 Å². The van der Waals surface area contributed by atoms with E-state index in [1.165, 1.54) is 30.1 Å². The van der Waals surface area contributed by atoms with E-state index in [1.807, 2.05) is 0 Å². The van der Waals surface area contributed by atoms with Crippen LogP contribution in [0.5, 0.6) is 0 Å². The number of nitro groups is 1. The van der Waals surface area contributed by atoms with Gasteiger partial charge in [-0.25, -0.2) is 0 Å². The number of hydrogen-bond acceptors (Lipinski definition) is 7. The molecule has 9 heteroatoms. The SMILES string of the molecule is O=C1N/C(=N\N=C\c2cccc([N+](=O)[O-])c2)SC1CCO. The van der Waals surface area contributed by atoms with Crippen LogP contribution in [0.2, 0.25) is 0 Å². The smallest absolute Gasteiger partial charge is 0.270 e. The molecular formula is C12H12N4O4S. The first-order chi connectivity index (χ1) is 10.1. The van der Waals surface area contributed by atoms with E-state index >= 15 is 0 Å². The van der Waals surface area contributed by atoms with E-state index in [9.17, 15) is 14.9 Å². The fourth-order valence-corrected chi connectivity index (χ4v) is 2.54. The number of carbonyl (C=O) groups excluding carboxylic acids is 1. The molecule has 1 amide bonds. The van der Waals surface area contributed by atoms with Crippen LogP contribution in [0.15, 0.2) is 34.5 Å². The second-order valence-corrected chi connectivity index (χ2v) is 5.30. The van der Waals surface area contributed by atoms with Crippen LogP contribution >= 0.6 is 11.8 Å². The fraction of sp³-hybridized carbons (Fsp3) is 0.250. The number of aliphatic hydroxyl groups is 1. The highest BCUT2D eigenvalue weighted by atomic mass is 32.2. The molecule has 21 heavy (non-hydrogen) atoms. The van der Waals surface area contributed by atoms with Gasteiger partial charge < -0.3 is 10.4 Å². The molecule has 1 aromatic carbocycles. The van der Waals surface area contributed by atoms with E-state index < -0.39 is 4.92 Å². The second-order valence-electron chi connectivity index (χ2n) is 4.11. The third-order valence-electron chi connectivity index (χ3n) is 2.60. The highest BCUT2D eigenvalue weighted by Gasteiger charge is 2.29. The van der Waals surface area contributed by atoms with Crippen molar-refractivity contribution in [2.24, 2.45) is 10.2 Å². The largest absolute Gasteiger partial charge is 0.396 e. The van der Waals surface area contributed by atoms with Gasteiger partial charge in [-0.15, -0.1) is 5.10 Å². The minimum Gasteiger partial charge on any atom is -0.396 e. The van der Waals surface area contributed by atoms with Gasteiger partial charge in [0.2, 0.25) is 5.91 Å². The molecule has 1 atom stereocenters. The van der Waals surface area contributed by atoms with Crippen LogP contribution in [0.4, 0.5) is 5.69 Å². The van der Waals surface area contributed by atoms with Gasteiger partial charge >= 0.3 is 0 Å². The molecule has 0 radical (unpaired) electrons. The molecule has 1 unspecified atom stereocenters. The molecule has 110 valence electrons. The van der Waals surface area contributed by atoms with Gasteiger partial charge in [-0.2, -0.15) is 5.10 Å². The first kappa shape index (κ1) is 15.1. The average Bonchev–Trinajstić information content (AvgIpc) is 2.80. The first-order valence-electron chi connectivity index (χ1n) is 6.04. The number of non-ortho nitro benzene ring substituents is 1. The number of amides is 1. The Hall–Kier alpha value is -2.26. The number of aliphatic hydroxyl groups excluding tert-OH is 1. The van der Waals surface area contributed by atoms with E-state index in [-0.39, 0.29) is 23.5 Å². The number of amidine groups is 1. The van der Waals surface area contributed by atoms with Crippen LogP contribution in [0.1, 0.15) is 12.0 Å². The normalized spacial score (nSPS) is 20.1. The number of rotatable bonds is 5. The maximum atomic E-state index is 11.5.